The standard InChI is InChI=1S/C11H12Cl2O3/c1-6(14)10(13)7-4-8(12)11(16-3)9(5-7)15-2/h4-5,10H,1-3H3. The Balaban J connectivity index is 3.25. The molecule has 0 aromatic heterocycles. The quantitative estimate of drug-likeness (QED) is 0.782. The Hall–Kier alpha value is -0.930. The minimum Gasteiger partial charge on any atom is -0.493 e. The van der Waals surface area contributed by atoms with Crippen molar-refractivity contribution in [3.63, 3.8) is 0 Å². The van der Waals surface area contributed by atoms with Crippen molar-refractivity contribution in [1.82, 2.24) is 0 Å². The molecule has 0 amide bonds. The molecule has 88 valence electrons. The Kier molecular flexibility index (Phi) is 4.44. The minimum atomic E-state index is -0.725. The highest BCUT2D eigenvalue weighted by Crippen LogP contribution is 2.38. The van der Waals surface area contributed by atoms with Gasteiger partial charge in [0.2, 0.25) is 0 Å². The highest BCUT2D eigenvalue weighted by Gasteiger charge is 2.18. The maximum atomic E-state index is 11.2. The predicted octanol–water partition coefficient (Wildman–Crippen LogP) is 3.23. The lowest BCUT2D eigenvalue weighted by atomic mass is 10.1. The van der Waals surface area contributed by atoms with Gasteiger partial charge in [0.25, 0.3) is 0 Å². The second kappa shape index (κ2) is 5.41. The van der Waals surface area contributed by atoms with Crippen LogP contribution < -0.4 is 9.47 Å². The summed E-state index contributed by atoms with van der Waals surface area (Å²) in [6.45, 7) is 1.42. The van der Waals surface area contributed by atoms with Crippen LogP contribution in [0.5, 0.6) is 11.5 Å². The summed E-state index contributed by atoms with van der Waals surface area (Å²) in [5.41, 5.74) is 0.594. The number of ether oxygens (including phenoxy) is 2. The van der Waals surface area contributed by atoms with Gasteiger partial charge in [0, 0.05) is 0 Å². The molecule has 0 bridgehead atoms. The van der Waals surface area contributed by atoms with Crippen molar-refractivity contribution in [3.8, 4) is 11.5 Å². The van der Waals surface area contributed by atoms with Crippen LogP contribution in [0, 0.1) is 0 Å². The van der Waals surface area contributed by atoms with Crippen molar-refractivity contribution in [3.05, 3.63) is 22.7 Å². The van der Waals surface area contributed by atoms with Crippen LogP contribution in [-0.2, 0) is 4.79 Å². The first kappa shape index (κ1) is 13.1. The number of carbonyl (C=O) groups excluding carboxylic acids is 1. The first-order valence-electron chi connectivity index (χ1n) is 4.57. The lowest BCUT2D eigenvalue weighted by Gasteiger charge is -2.13. The molecule has 3 nitrogen and oxygen atoms in total. The highest BCUT2D eigenvalue weighted by molar-refractivity contribution is 6.33. The summed E-state index contributed by atoms with van der Waals surface area (Å²) in [6, 6.07) is 3.24. The van der Waals surface area contributed by atoms with E-state index in [0.717, 1.165) is 0 Å². The SMILES string of the molecule is COc1cc(C(Cl)C(C)=O)cc(Cl)c1OC. The molecule has 0 spiro atoms. The number of hydrogen-bond donors (Lipinski definition) is 0. The van der Waals surface area contributed by atoms with Gasteiger partial charge in [-0.05, 0) is 24.6 Å². The number of alkyl halides is 1. The molecule has 0 aliphatic rings. The smallest absolute Gasteiger partial charge is 0.179 e. The van der Waals surface area contributed by atoms with E-state index in [9.17, 15) is 4.79 Å². The van der Waals surface area contributed by atoms with Crippen LogP contribution in [-0.4, -0.2) is 20.0 Å². The number of ketones is 1. The van der Waals surface area contributed by atoms with Crippen molar-refractivity contribution in [2.75, 3.05) is 14.2 Å². The normalized spacial score (nSPS) is 12.1. The summed E-state index contributed by atoms with van der Waals surface area (Å²) >= 11 is 11.9. The molecular weight excluding hydrogens is 251 g/mol. The van der Waals surface area contributed by atoms with Crippen molar-refractivity contribution in [2.45, 2.75) is 12.3 Å². The third-order valence-electron chi connectivity index (χ3n) is 2.11. The zero-order valence-corrected chi connectivity index (χ0v) is 10.7. The monoisotopic (exact) mass is 262 g/mol. The van der Waals surface area contributed by atoms with Gasteiger partial charge < -0.3 is 9.47 Å². The number of Topliss-reactive ketones (excluding diaryl/α,β-unsaturated/α-hetero) is 1. The van der Waals surface area contributed by atoms with E-state index in [4.69, 9.17) is 32.7 Å². The number of methoxy groups -OCH3 is 2. The minimum absolute atomic E-state index is 0.148. The third kappa shape index (κ3) is 2.60. The molecule has 1 atom stereocenters. The first-order chi connectivity index (χ1) is 7.51. The van der Waals surface area contributed by atoms with Crippen LogP contribution in [0.25, 0.3) is 0 Å². The van der Waals surface area contributed by atoms with E-state index in [2.05, 4.69) is 0 Å². The number of rotatable bonds is 4. The largest absolute Gasteiger partial charge is 0.493 e. The molecule has 1 rings (SSSR count). The summed E-state index contributed by atoms with van der Waals surface area (Å²) in [5, 5.41) is -0.360. The van der Waals surface area contributed by atoms with Crippen LogP contribution >= 0.6 is 23.2 Å². The third-order valence-corrected chi connectivity index (χ3v) is 2.95. The van der Waals surface area contributed by atoms with Gasteiger partial charge in [-0.2, -0.15) is 0 Å². The molecule has 0 aliphatic carbocycles. The Bertz CT molecular complexity index is 404. The molecule has 16 heavy (non-hydrogen) atoms. The molecule has 0 N–H and O–H groups in total. The van der Waals surface area contributed by atoms with E-state index in [1.54, 1.807) is 12.1 Å². The number of carbonyl (C=O) groups is 1. The fourth-order valence-electron chi connectivity index (χ4n) is 1.32. The molecule has 0 radical (unpaired) electrons. The maximum Gasteiger partial charge on any atom is 0.179 e. The van der Waals surface area contributed by atoms with Gasteiger partial charge in [0.15, 0.2) is 17.3 Å². The second-order valence-corrected chi connectivity index (χ2v) is 4.06. The fraction of sp³-hybridized carbons (Fsp3) is 0.364. The molecule has 0 fully saturated rings. The first-order valence-corrected chi connectivity index (χ1v) is 5.38. The van der Waals surface area contributed by atoms with Crippen LogP contribution in [0.2, 0.25) is 5.02 Å². The van der Waals surface area contributed by atoms with Crippen molar-refractivity contribution < 1.29 is 14.3 Å². The van der Waals surface area contributed by atoms with Gasteiger partial charge in [-0.3, -0.25) is 4.79 Å². The molecule has 0 heterocycles. The van der Waals surface area contributed by atoms with E-state index in [0.29, 0.717) is 22.1 Å². The van der Waals surface area contributed by atoms with Crippen LogP contribution in [0.15, 0.2) is 12.1 Å². The zero-order valence-electron chi connectivity index (χ0n) is 9.21. The average Bonchev–Trinajstić information content (AvgIpc) is 2.26. The number of halogens is 2. The lowest BCUT2D eigenvalue weighted by molar-refractivity contribution is -0.116. The van der Waals surface area contributed by atoms with Gasteiger partial charge in [-0.1, -0.05) is 11.6 Å². The summed E-state index contributed by atoms with van der Waals surface area (Å²) in [7, 11) is 2.99. The Morgan fingerprint density at radius 3 is 2.38 bits per heavy atom. The number of hydrogen-bond acceptors (Lipinski definition) is 3. The highest BCUT2D eigenvalue weighted by atomic mass is 35.5. The molecule has 1 unspecified atom stereocenters. The number of benzene rings is 1. The van der Waals surface area contributed by atoms with Gasteiger partial charge in [0.1, 0.15) is 5.38 Å². The summed E-state index contributed by atoms with van der Waals surface area (Å²) in [6.07, 6.45) is 0. The Morgan fingerprint density at radius 2 is 1.94 bits per heavy atom. The van der Waals surface area contributed by atoms with E-state index in [1.807, 2.05) is 0 Å². The molecule has 0 aliphatic heterocycles. The van der Waals surface area contributed by atoms with Crippen LogP contribution in [0.3, 0.4) is 0 Å². The van der Waals surface area contributed by atoms with Crippen molar-refractivity contribution >= 4 is 29.0 Å². The zero-order chi connectivity index (χ0) is 12.3. The van der Waals surface area contributed by atoms with E-state index < -0.39 is 5.38 Å². The van der Waals surface area contributed by atoms with Crippen molar-refractivity contribution in [2.24, 2.45) is 0 Å². The Morgan fingerprint density at radius 1 is 1.31 bits per heavy atom. The van der Waals surface area contributed by atoms with Crippen LogP contribution in [0.4, 0.5) is 0 Å². The average molecular weight is 263 g/mol. The molecule has 1 aromatic carbocycles. The second-order valence-electron chi connectivity index (χ2n) is 3.21. The van der Waals surface area contributed by atoms with E-state index >= 15 is 0 Å². The Labute approximate surface area is 104 Å². The predicted molar refractivity (Wildman–Crippen MR) is 63.8 cm³/mol. The lowest BCUT2D eigenvalue weighted by Crippen LogP contribution is -2.03. The maximum absolute atomic E-state index is 11.2. The molecular formula is C11H12Cl2O3. The van der Waals surface area contributed by atoms with E-state index in [-0.39, 0.29) is 5.78 Å². The van der Waals surface area contributed by atoms with Gasteiger partial charge in [-0.25, -0.2) is 0 Å². The fourth-order valence-corrected chi connectivity index (χ4v) is 1.74. The molecule has 0 saturated heterocycles. The molecule has 5 heteroatoms. The summed E-state index contributed by atoms with van der Waals surface area (Å²) < 4.78 is 10.2. The summed E-state index contributed by atoms with van der Waals surface area (Å²) in [5.74, 6) is 0.738. The molecule has 0 saturated carbocycles. The van der Waals surface area contributed by atoms with Crippen molar-refractivity contribution in [1.29, 1.82) is 0 Å². The van der Waals surface area contributed by atoms with Gasteiger partial charge >= 0.3 is 0 Å². The summed E-state index contributed by atoms with van der Waals surface area (Å²) in [4.78, 5) is 11.2. The van der Waals surface area contributed by atoms with Crippen LogP contribution in [0.1, 0.15) is 17.9 Å². The topological polar surface area (TPSA) is 35.5 Å². The van der Waals surface area contributed by atoms with Gasteiger partial charge in [0.05, 0.1) is 19.2 Å². The van der Waals surface area contributed by atoms with Gasteiger partial charge in [-0.15, -0.1) is 11.6 Å². The molecule has 1 aromatic rings. The van der Waals surface area contributed by atoms with E-state index in [1.165, 1.54) is 21.1 Å².